The van der Waals surface area contributed by atoms with Crippen LogP contribution in [0.5, 0.6) is 5.75 Å². The van der Waals surface area contributed by atoms with Gasteiger partial charge < -0.3 is 4.74 Å². The standard InChI is InChI=1S/C14H17NO/c1-14(2,9-15)10-16-13-7-6-11-4-3-5-12(11)8-13/h6-8H,3-5,10H2,1-2H3. The van der Waals surface area contributed by atoms with Gasteiger partial charge in [0.05, 0.1) is 11.5 Å². The third-order valence-corrected chi connectivity index (χ3v) is 2.97. The maximum Gasteiger partial charge on any atom is 0.119 e. The molecule has 0 saturated heterocycles. The van der Waals surface area contributed by atoms with E-state index in [0.717, 1.165) is 12.2 Å². The van der Waals surface area contributed by atoms with Crippen LogP contribution in [-0.4, -0.2) is 6.61 Å². The van der Waals surface area contributed by atoms with Crippen molar-refractivity contribution in [2.75, 3.05) is 6.61 Å². The van der Waals surface area contributed by atoms with E-state index in [2.05, 4.69) is 18.2 Å². The minimum absolute atomic E-state index is 0.418. The Morgan fingerprint density at radius 1 is 1.31 bits per heavy atom. The number of benzene rings is 1. The van der Waals surface area contributed by atoms with E-state index in [1.807, 2.05) is 19.9 Å². The van der Waals surface area contributed by atoms with E-state index in [4.69, 9.17) is 10.00 Å². The molecule has 0 atom stereocenters. The fourth-order valence-electron chi connectivity index (χ4n) is 1.93. The number of hydrogen-bond acceptors (Lipinski definition) is 2. The van der Waals surface area contributed by atoms with Gasteiger partial charge in [0, 0.05) is 0 Å². The molecule has 1 aromatic rings. The average molecular weight is 215 g/mol. The van der Waals surface area contributed by atoms with Crippen LogP contribution < -0.4 is 4.74 Å². The number of nitriles is 1. The second-order valence-corrected chi connectivity index (χ2v) is 5.07. The smallest absolute Gasteiger partial charge is 0.119 e. The van der Waals surface area contributed by atoms with E-state index in [1.165, 1.54) is 24.0 Å². The van der Waals surface area contributed by atoms with Crippen LogP contribution in [0.15, 0.2) is 18.2 Å². The van der Waals surface area contributed by atoms with Crippen molar-refractivity contribution in [3.05, 3.63) is 29.3 Å². The summed E-state index contributed by atoms with van der Waals surface area (Å²) in [6, 6.07) is 8.52. The average Bonchev–Trinajstić information content (AvgIpc) is 2.73. The van der Waals surface area contributed by atoms with Crippen LogP contribution in [0.3, 0.4) is 0 Å². The lowest BCUT2D eigenvalue weighted by Crippen LogP contribution is -2.19. The van der Waals surface area contributed by atoms with Crippen molar-refractivity contribution in [1.29, 1.82) is 5.26 Å². The Morgan fingerprint density at radius 2 is 2.06 bits per heavy atom. The molecule has 0 heterocycles. The Bertz CT molecular complexity index is 429. The SMILES string of the molecule is CC(C)(C#N)COc1ccc2c(c1)CCC2. The van der Waals surface area contributed by atoms with E-state index < -0.39 is 5.41 Å². The normalized spacial score (nSPS) is 14.3. The number of hydrogen-bond donors (Lipinski definition) is 0. The van der Waals surface area contributed by atoms with E-state index in [1.54, 1.807) is 0 Å². The molecule has 0 saturated carbocycles. The van der Waals surface area contributed by atoms with Crippen LogP contribution >= 0.6 is 0 Å². The van der Waals surface area contributed by atoms with Crippen LogP contribution in [0, 0.1) is 16.7 Å². The van der Waals surface area contributed by atoms with Crippen LogP contribution in [0.25, 0.3) is 0 Å². The molecule has 2 heteroatoms. The lowest BCUT2D eigenvalue weighted by Gasteiger charge is -2.16. The van der Waals surface area contributed by atoms with E-state index in [0.29, 0.717) is 6.61 Å². The highest BCUT2D eigenvalue weighted by molar-refractivity contribution is 5.38. The topological polar surface area (TPSA) is 33.0 Å². The molecule has 1 aliphatic rings. The predicted molar refractivity (Wildman–Crippen MR) is 63.4 cm³/mol. The molecule has 0 aromatic heterocycles. The molecule has 0 unspecified atom stereocenters. The van der Waals surface area contributed by atoms with E-state index >= 15 is 0 Å². The van der Waals surface area contributed by atoms with Gasteiger partial charge in [-0.05, 0) is 56.4 Å². The summed E-state index contributed by atoms with van der Waals surface area (Å²) < 4.78 is 5.66. The first-order chi connectivity index (χ1) is 7.61. The second kappa shape index (κ2) is 4.17. The zero-order valence-corrected chi connectivity index (χ0v) is 9.92. The van der Waals surface area contributed by atoms with Crippen LogP contribution in [0.2, 0.25) is 0 Å². The minimum atomic E-state index is -0.418. The highest BCUT2D eigenvalue weighted by Crippen LogP contribution is 2.27. The highest BCUT2D eigenvalue weighted by Gasteiger charge is 2.18. The number of nitrogens with zero attached hydrogens (tertiary/aromatic N) is 1. The Hall–Kier alpha value is -1.49. The van der Waals surface area contributed by atoms with Crippen molar-refractivity contribution < 1.29 is 4.74 Å². The zero-order valence-electron chi connectivity index (χ0n) is 9.92. The first-order valence-electron chi connectivity index (χ1n) is 5.77. The molecular weight excluding hydrogens is 198 g/mol. The van der Waals surface area contributed by atoms with Crippen LogP contribution in [0.4, 0.5) is 0 Å². The summed E-state index contributed by atoms with van der Waals surface area (Å²) in [4.78, 5) is 0. The van der Waals surface area contributed by atoms with Crippen molar-refractivity contribution in [1.82, 2.24) is 0 Å². The quantitative estimate of drug-likeness (QED) is 0.776. The molecule has 2 nitrogen and oxygen atoms in total. The molecule has 0 spiro atoms. The van der Waals surface area contributed by atoms with Gasteiger partial charge in [-0.3, -0.25) is 0 Å². The molecule has 84 valence electrons. The van der Waals surface area contributed by atoms with Gasteiger partial charge in [-0.2, -0.15) is 5.26 Å². The fourth-order valence-corrected chi connectivity index (χ4v) is 1.93. The summed E-state index contributed by atoms with van der Waals surface area (Å²) >= 11 is 0. The van der Waals surface area contributed by atoms with Gasteiger partial charge in [0.1, 0.15) is 12.4 Å². The molecule has 1 aliphatic carbocycles. The largest absolute Gasteiger partial charge is 0.492 e. The van der Waals surface area contributed by atoms with Crippen LogP contribution in [-0.2, 0) is 12.8 Å². The summed E-state index contributed by atoms with van der Waals surface area (Å²) in [6.07, 6.45) is 3.61. The summed E-state index contributed by atoms with van der Waals surface area (Å²) in [5.41, 5.74) is 2.44. The van der Waals surface area contributed by atoms with Crippen molar-refractivity contribution in [3.63, 3.8) is 0 Å². The molecule has 0 radical (unpaired) electrons. The Balaban J connectivity index is 2.04. The predicted octanol–water partition coefficient (Wildman–Crippen LogP) is 3.10. The van der Waals surface area contributed by atoms with E-state index in [-0.39, 0.29) is 0 Å². The third-order valence-electron chi connectivity index (χ3n) is 2.97. The Labute approximate surface area is 96.9 Å². The monoisotopic (exact) mass is 215 g/mol. The van der Waals surface area contributed by atoms with Crippen molar-refractivity contribution in [3.8, 4) is 11.8 Å². The van der Waals surface area contributed by atoms with Gasteiger partial charge in [0.25, 0.3) is 0 Å². The highest BCUT2D eigenvalue weighted by atomic mass is 16.5. The van der Waals surface area contributed by atoms with Crippen molar-refractivity contribution in [2.45, 2.75) is 33.1 Å². The third kappa shape index (κ3) is 2.36. The summed E-state index contributed by atoms with van der Waals surface area (Å²) in [6.45, 7) is 4.23. The number of rotatable bonds is 3. The number of fused-ring (bicyclic) bond motifs is 1. The molecule has 1 aromatic carbocycles. The lowest BCUT2D eigenvalue weighted by atomic mass is 9.98. The van der Waals surface area contributed by atoms with E-state index in [9.17, 15) is 0 Å². The Kier molecular flexibility index (Phi) is 2.87. The number of ether oxygens (including phenoxy) is 1. The zero-order chi connectivity index (χ0) is 11.6. The fraction of sp³-hybridized carbons (Fsp3) is 0.500. The van der Waals surface area contributed by atoms with Gasteiger partial charge in [-0.25, -0.2) is 0 Å². The molecule has 2 rings (SSSR count). The van der Waals surface area contributed by atoms with Gasteiger partial charge >= 0.3 is 0 Å². The number of aryl methyl sites for hydroxylation is 2. The summed E-state index contributed by atoms with van der Waals surface area (Å²) in [7, 11) is 0. The van der Waals surface area contributed by atoms with Gasteiger partial charge in [0.2, 0.25) is 0 Å². The van der Waals surface area contributed by atoms with Gasteiger partial charge in [0.15, 0.2) is 0 Å². The van der Waals surface area contributed by atoms with Gasteiger partial charge in [-0.15, -0.1) is 0 Å². The summed E-state index contributed by atoms with van der Waals surface area (Å²) in [5.74, 6) is 0.893. The Morgan fingerprint density at radius 3 is 2.81 bits per heavy atom. The molecular formula is C14H17NO. The van der Waals surface area contributed by atoms with Gasteiger partial charge in [-0.1, -0.05) is 6.07 Å². The molecule has 0 fully saturated rings. The van der Waals surface area contributed by atoms with Crippen LogP contribution in [0.1, 0.15) is 31.4 Å². The van der Waals surface area contributed by atoms with Crippen molar-refractivity contribution in [2.24, 2.45) is 5.41 Å². The first-order valence-corrected chi connectivity index (χ1v) is 5.77. The second-order valence-electron chi connectivity index (χ2n) is 5.07. The minimum Gasteiger partial charge on any atom is -0.492 e. The van der Waals surface area contributed by atoms with Crippen molar-refractivity contribution >= 4 is 0 Å². The first kappa shape index (κ1) is 11.0. The molecule has 0 bridgehead atoms. The molecule has 0 amide bonds. The molecule has 0 aliphatic heterocycles. The summed E-state index contributed by atoms with van der Waals surface area (Å²) in [5, 5.41) is 8.90. The maximum atomic E-state index is 8.90. The molecule has 16 heavy (non-hydrogen) atoms. The maximum absolute atomic E-state index is 8.90. The lowest BCUT2D eigenvalue weighted by molar-refractivity contribution is 0.227. The molecule has 0 N–H and O–H groups in total.